The van der Waals surface area contributed by atoms with Crippen molar-refractivity contribution in [3.05, 3.63) is 0 Å². The van der Waals surface area contributed by atoms with Crippen molar-refractivity contribution in [2.24, 2.45) is 0 Å². The van der Waals surface area contributed by atoms with Crippen LogP contribution < -0.4 is 0 Å². The van der Waals surface area contributed by atoms with E-state index in [0.29, 0.717) is 19.0 Å². The van der Waals surface area contributed by atoms with Gasteiger partial charge in [-0.1, -0.05) is 6.42 Å². The lowest BCUT2D eigenvalue weighted by atomic mass is 9.96. The molecular weight excluding hydrogens is 206 g/mol. The molecule has 0 radical (unpaired) electrons. The first-order valence-electron chi connectivity index (χ1n) is 6.07. The van der Waals surface area contributed by atoms with E-state index in [1.165, 1.54) is 6.42 Å². The summed E-state index contributed by atoms with van der Waals surface area (Å²) >= 11 is 0. The Bertz CT molecular complexity index is 235. The minimum atomic E-state index is -0.728. The molecule has 1 unspecified atom stereocenters. The molecule has 16 heavy (non-hydrogen) atoms. The Hall–Kier alpha value is -0.610. The van der Waals surface area contributed by atoms with Crippen molar-refractivity contribution >= 4 is 5.97 Å². The van der Waals surface area contributed by atoms with E-state index < -0.39 is 11.6 Å². The van der Waals surface area contributed by atoms with Crippen molar-refractivity contribution in [2.75, 3.05) is 13.1 Å². The molecule has 4 nitrogen and oxygen atoms in total. The zero-order valence-electron chi connectivity index (χ0n) is 10.3. The van der Waals surface area contributed by atoms with Crippen LogP contribution in [0.15, 0.2) is 0 Å². The quantitative estimate of drug-likeness (QED) is 0.749. The average molecular weight is 229 g/mol. The number of piperidine rings is 1. The predicted octanol–water partition coefficient (Wildman–Crippen LogP) is 1.48. The number of likely N-dealkylation sites (tertiary alicyclic amines) is 1. The smallest absolute Gasteiger partial charge is 0.303 e. The molecule has 0 saturated carbocycles. The number of nitrogens with zero attached hydrogens (tertiary/aromatic N) is 1. The first-order valence-corrected chi connectivity index (χ1v) is 6.07. The van der Waals surface area contributed by atoms with Crippen LogP contribution in [0.1, 0.15) is 46.0 Å². The topological polar surface area (TPSA) is 60.8 Å². The SMILES string of the molecule is CC(C)(O)CN1CCCCC1CCC(=O)O. The van der Waals surface area contributed by atoms with Gasteiger partial charge in [-0.05, 0) is 39.7 Å². The summed E-state index contributed by atoms with van der Waals surface area (Å²) in [6.45, 7) is 5.22. The second-order valence-corrected chi connectivity index (χ2v) is 5.36. The highest BCUT2D eigenvalue weighted by Crippen LogP contribution is 2.22. The van der Waals surface area contributed by atoms with Crippen molar-refractivity contribution in [1.82, 2.24) is 4.90 Å². The Balaban J connectivity index is 2.47. The number of aliphatic carboxylic acids is 1. The molecule has 1 rings (SSSR count). The highest BCUT2D eigenvalue weighted by atomic mass is 16.4. The Morgan fingerprint density at radius 1 is 1.44 bits per heavy atom. The lowest BCUT2D eigenvalue weighted by Gasteiger charge is -2.38. The van der Waals surface area contributed by atoms with Gasteiger partial charge in [-0.25, -0.2) is 0 Å². The summed E-state index contributed by atoms with van der Waals surface area (Å²) in [5, 5.41) is 18.5. The van der Waals surface area contributed by atoms with E-state index in [-0.39, 0.29) is 6.42 Å². The molecular formula is C12H23NO3. The number of rotatable bonds is 5. The van der Waals surface area contributed by atoms with Gasteiger partial charge in [0.05, 0.1) is 5.60 Å². The molecule has 1 saturated heterocycles. The van der Waals surface area contributed by atoms with Gasteiger partial charge in [0.15, 0.2) is 0 Å². The van der Waals surface area contributed by atoms with Crippen LogP contribution in [0.3, 0.4) is 0 Å². The Kier molecular flexibility index (Phi) is 4.74. The molecule has 94 valence electrons. The van der Waals surface area contributed by atoms with Gasteiger partial charge in [0, 0.05) is 19.0 Å². The summed E-state index contributed by atoms with van der Waals surface area (Å²) in [5.41, 5.74) is -0.696. The maximum atomic E-state index is 10.6. The number of carbonyl (C=O) groups is 1. The number of β-amino-alcohol motifs (C(OH)–C–C–N with tert-alkyl or cyclic N) is 1. The predicted molar refractivity (Wildman–Crippen MR) is 62.4 cm³/mol. The number of hydrogen-bond donors (Lipinski definition) is 2. The molecule has 0 aromatic rings. The van der Waals surface area contributed by atoms with Crippen LogP contribution in [0.2, 0.25) is 0 Å². The summed E-state index contributed by atoms with van der Waals surface area (Å²) in [6, 6.07) is 0.330. The van der Waals surface area contributed by atoms with Crippen LogP contribution in [0.5, 0.6) is 0 Å². The van der Waals surface area contributed by atoms with E-state index in [1.807, 2.05) is 0 Å². The Morgan fingerprint density at radius 3 is 2.69 bits per heavy atom. The molecule has 1 atom stereocenters. The third-order valence-electron chi connectivity index (χ3n) is 3.03. The van der Waals surface area contributed by atoms with Crippen LogP contribution in [0, 0.1) is 0 Å². The van der Waals surface area contributed by atoms with Gasteiger partial charge in [-0.15, -0.1) is 0 Å². The second-order valence-electron chi connectivity index (χ2n) is 5.36. The summed E-state index contributed by atoms with van der Waals surface area (Å²) in [5.74, 6) is -0.728. The third kappa shape index (κ3) is 4.94. The van der Waals surface area contributed by atoms with Gasteiger partial charge < -0.3 is 10.2 Å². The van der Waals surface area contributed by atoms with Crippen molar-refractivity contribution < 1.29 is 15.0 Å². The minimum absolute atomic E-state index is 0.229. The monoisotopic (exact) mass is 229 g/mol. The Morgan fingerprint density at radius 2 is 2.12 bits per heavy atom. The van der Waals surface area contributed by atoms with E-state index in [2.05, 4.69) is 4.90 Å². The molecule has 4 heteroatoms. The molecule has 1 heterocycles. The fourth-order valence-corrected chi connectivity index (χ4v) is 2.38. The van der Waals surface area contributed by atoms with Gasteiger partial charge in [-0.3, -0.25) is 9.69 Å². The zero-order valence-corrected chi connectivity index (χ0v) is 10.3. The summed E-state index contributed by atoms with van der Waals surface area (Å²) in [4.78, 5) is 12.8. The lowest BCUT2D eigenvalue weighted by molar-refractivity contribution is -0.137. The minimum Gasteiger partial charge on any atom is -0.481 e. The van der Waals surface area contributed by atoms with E-state index in [0.717, 1.165) is 19.4 Å². The van der Waals surface area contributed by atoms with Crippen LogP contribution in [0.25, 0.3) is 0 Å². The van der Waals surface area contributed by atoms with Crippen LogP contribution >= 0.6 is 0 Å². The van der Waals surface area contributed by atoms with E-state index in [9.17, 15) is 9.90 Å². The summed E-state index contributed by atoms with van der Waals surface area (Å²) in [6.07, 6.45) is 4.31. The van der Waals surface area contributed by atoms with Crippen LogP contribution in [0.4, 0.5) is 0 Å². The molecule has 2 N–H and O–H groups in total. The number of hydrogen-bond acceptors (Lipinski definition) is 3. The second kappa shape index (κ2) is 5.64. The summed E-state index contributed by atoms with van der Waals surface area (Å²) < 4.78 is 0. The number of carboxylic acid groups (broad SMARTS) is 1. The van der Waals surface area contributed by atoms with E-state index in [4.69, 9.17) is 5.11 Å². The zero-order chi connectivity index (χ0) is 12.2. The fraction of sp³-hybridized carbons (Fsp3) is 0.917. The Labute approximate surface area is 97.3 Å². The molecule has 1 aliphatic heterocycles. The van der Waals surface area contributed by atoms with Crippen molar-refractivity contribution in [1.29, 1.82) is 0 Å². The first kappa shape index (κ1) is 13.5. The van der Waals surface area contributed by atoms with Gasteiger partial charge in [0.2, 0.25) is 0 Å². The standard InChI is InChI=1S/C12H23NO3/c1-12(2,16)9-13-8-4-3-5-10(13)6-7-11(14)15/h10,16H,3-9H2,1-2H3,(H,14,15). The average Bonchev–Trinajstić information content (AvgIpc) is 2.14. The largest absolute Gasteiger partial charge is 0.481 e. The number of carboxylic acids is 1. The van der Waals surface area contributed by atoms with E-state index >= 15 is 0 Å². The van der Waals surface area contributed by atoms with Crippen molar-refractivity contribution in [2.45, 2.75) is 57.6 Å². The molecule has 0 aromatic heterocycles. The number of aliphatic hydroxyl groups is 1. The van der Waals surface area contributed by atoms with Gasteiger partial charge in [0.1, 0.15) is 0 Å². The van der Waals surface area contributed by atoms with Crippen molar-refractivity contribution in [3.63, 3.8) is 0 Å². The normalized spacial score (nSPS) is 23.3. The molecule has 0 aliphatic carbocycles. The van der Waals surface area contributed by atoms with Crippen LogP contribution in [-0.2, 0) is 4.79 Å². The molecule has 0 amide bonds. The van der Waals surface area contributed by atoms with Gasteiger partial charge >= 0.3 is 5.97 Å². The van der Waals surface area contributed by atoms with Crippen LogP contribution in [-0.4, -0.2) is 45.8 Å². The molecule has 0 spiro atoms. The maximum absolute atomic E-state index is 10.6. The van der Waals surface area contributed by atoms with Crippen molar-refractivity contribution in [3.8, 4) is 0 Å². The molecule has 1 aliphatic rings. The lowest BCUT2D eigenvalue weighted by Crippen LogP contribution is -2.47. The summed E-state index contributed by atoms with van der Waals surface area (Å²) in [7, 11) is 0. The third-order valence-corrected chi connectivity index (χ3v) is 3.03. The van der Waals surface area contributed by atoms with E-state index in [1.54, 1.807) is 13.8 Å². The van der Waals surface area contributed by atoms with Gasteiger partial charge in [-0.2, -0.15) is 0 Å². The molecule has 0 bridgehead atoms. The highest BCUT2D eigenvalue weighted by molar-refractivity contribution is 5.66. The van der Waals surface area contributed by atoms with Gasteiger partial charge in [0.25, 0.3) is 0 Å². The molecule has 1 fully saturated rings. The highest BCUT2D eigenvalue weighted by Gasteiger charge is 2.27. The first-order chi connectivity index (χ1) is 7.38. The fourth-order valence-electron chi connectivity index (χ4n) is 2.38. The maximum Gasteiger partial charge on any atom is 0.303 e. The molecule has 0 aromatic carbocycles.